The van der Waals surface area contributed by atoms with Crippen molar-refractivity contribution >= 4 is 34.2 Å². The molecule has 0 saturated carbocycles. The van der Waals surface area contributed by atoms with Gasteiger partial charge >= 0.3 is 5.97 Å². The number of non-ortho nitro benzene ring substituents is 1. The molecular formula is C19H15ClN2O5. The molecule has 27 heavy (non-hydrogen) atoms. The van der Waals surface area contributed by atoms with Crippen LogP contribution in [0, 0.1) is 17.0 Å². The van der Waals surface area contributed by atoms with E-state index in [1.54, 1.807) is 0 Å². The molecule has 0 spiro atoms. The Kier molecular flexibility index (Phi) is 5.52. The molecule has 0 aliphatic rings. The van der Waals surface area contributed by atoms with Gasteiger partial charge in [0.15, 0.2) is 6.61 Å². The predicted molar refractivity (Wildman–Crippen MR) is 99.9 cm³/mol. The van der Waals surface area contributed by atoms with Crippen LogP contribution < -0.4 is 4.74 Å². The number of hydrogen-bond donors (Lipinski definition) is 0. The molecule has 2 aromatic carbocycles. The molecule has 3 aromatic rings. The number of esters is 1. The number of aromatic nitrogens is 1. The minimum atomic E-state index is -0.589. The molecule has 138 valence electrons. The zero-order valence-electron chi connectivity index (χ0n) is 14.3. The van der Waals surface area contributed by atoms with E-state index in [-0.39, 0.29) is 24.1 Å². The first-order valence-electron chi connectivity index (χ1n) is 8.01. The first kappa shape index (κ1) is 18.6. The van der Waals surface area contributed by atoms with E-state index in [4.69, 9.17) is 21.1 Å². The quantitative estimate of drug-likeness (QED) is 0.272. The normalized spacial score (nSPS) is 10.6. The van der Waals surface area contributed by atoms with Gasteiger partial charge in [-0.1, -0.05) is 23.7 Å². The maximum absolute atomic E-state index is 11.9. The van der Waals surface area contributed by atoms with Gasteiger partial charge in [0, 0.05) is 23.1 Å². The monoisotopic (exact) mass is 386 g/mol. The fourth-order valence-electron chi connectivity index (χ4n) is 2.40. The van der Waals surface area contributed by atoms with E-state index in [0.29, 0.717) is 11.3 Å². The lowest BCUT2D eigenvalue weighted by molar-refractivity contribution is -0.384. The number of pyridine rings is 1. The number of hydrogen-bond acceptors (Lipinski definition) is 6. The summed E-state index contributed by atoms with van der Waals surface area (Å²) < 4.78 is 10.4. The van der Waals surface area contributed by atoms with Crippen molar-refractivity contribution in [3.8, 4) is 5.75 Å². The fraction of sp³-hybridized carbons (Fsp3) is 0.158. The smallest absolute Gasteiger partial charge is 0.344 e. The minimum absolute atomic E-state index is 0.0297. The third-order valence-corrected chi connectivity index (χ3v) is 4.12. The SMILES string of the molecule is Cc1ccc2cc(COC(=O)COc3ccc([N+](=O)[O-])cc3)c(Cl)nc2c1. The van der Waals surface area contributed by atoms with E-state index in [0.717, 1.165) is 16.5 Å². The number of carbonyl (C=O) groups excluding carboxylic acids is 1. The number of nitrogens with zero attached hydrogens (tertiary/aromatic N) is 2. The fourth-order valence-corrected chi connectivity index (χ4v) is 2.61. The second-order valence-electron chi connectivity index (χ2n) is 5.83. The number of ether oxygens (including phenoxy) is 2. The van der Waals surface area contributed by atoms with Gasteiger partial charge in [-0.3, -0.25) is 10.1 Å². The Morgan fingerprint density at radius 2 is 1.93 bits per heavy atom. The summed E-state index contributed by atoms with van der Waals surface area (Å²) in [5.41, 5.74) is 2.39. The molecule has 0 saturated heterocycles. The van der Waals surface area contributed by atoms with Crippen molar-refractivity contribution in [1.82, 2.24) is 4.98 Å². The number of rotatable bonds is 6. The molecule has 8 heteroatoms. The maximum atomic E-state index is 11.9. The topological polar surface area (TPSA) is 91.6 Å². The molecule has 0 amide bonds. The van der Waals surface area contributed by atoms with Crippen LogP contribution in [0.25, 0.3) is 10.9 Å². The summed E-state index contributed by atoms with van der Waals surface area (Å²) in [6.07, 6.45) is 0. The zero-order chi connectivity index (χ0) is 19.4. The van der Waals surface area contributed by atoms with Crippen LogP contribution in [0.3, 0.4) is 0 Å². The van der Waals surface area contributed by atoms with E-state index in [1.165, 1.54) is 24.3 Å². The van der Waals surface area contributed by atoms with Gasteiger partial charge in [0.25, 0.3) is 5.69 Å². The predicted octanol–water partition coefficient (Wildman–Crippen LogP) is 4.23. The van der Waals surface area contributed by atoms with Crippen molar-refractivity contribution in [3.63, 3.8) is 0 Å². The minimum Gasteiger partial charge on any atom is -0.482 e. The molecule has 0 bridgehead atoms. The number of halogens is 1. The number of carbonyl (C=O) groups is 1. The summed E-state index contributed by atoms with van der Waals surface area (Å²) in [6.45, 7) is 1.61. The van der Waals surface area contributed by atoms with Gasteiger partial charge in [-0.05, 0) is 36.8 Å². The molecule has 0 aliphatic heterocycles. The summed E-state index contributed by atoms with van der Waals surface area (Å²) in [4.78, 5) is 26.3. The molecule has 7 nitrogen and oxygen atoms in total. The van der Waals surface area contributed by atoms with Gasteiger partial charge in [0.2, 0.25) is 0 Å². The van der Waals surface area contributed by atoms with Gasteiger partial charge in [0.1, 0.15) is 17.5 Å². The third-order valence-electron chi connectivity index (χ3n) is 3.79. The summed E-state index contributed by atoms with van der Waals surface area (Å²) in [6, 6.07) is 13.1. The summed E-state index contributed by atoms with van der Waals surface area (Å²) in [7, 11) is 0. The van der Waals surface area contributed by atoms with Crippen LogP contribution in [0.2, 0.25) is 5.15 Å². The number of nitro benzene ring substituents is 1. The van der Waals surface area contributed by atoms with Crippen LogP contribution >= 0.6 is 11.6 Å². The van der Waals surface area contributed by atoms with Crippen molar-refractivity contribution < 1.29 is 19.2 Å². The average molecular weight is 387 g/mol. The van der Waals surface area contributed by atoms with Gasteiger partial charge in [-0.25, -0.2) is 9.78 Å². The van der Waals surface area contributed by atoms with Crippen molar-refractivity contribution in [2.24, 2.45) is 0 Å². The van der Waals surface area contributed by atoms with Crippen LogP contribution in [-0.2, 0) is 16.1 Å². The number of aryl methyl sites for hydroxylation is 1. The van der Waals surface area contributed by atoms with Crippen LogP contribution in [-0.4, -0.2) is 22.5 Å². The maximum Gasteiger partial charge on any atom is 0.344 e. The number of benzene rings is 2. The Morgan fingerprint density at radius 3 is 2.63 bits per heavy atom. The average Bonchev–Trinajstić information content (AvgIpc) is 2.65. The van der Waals surface area contributed by atoms with E-state index in [9.17, 15) is 14.9 Å². The second-order valence-corrected chi connectivity index (χ2v) is 6.19. The summed E-state index contributed by atoms with van der Waals surface area (Å²) in [5, 5.41) is 11.8. The van der Waals surface area contributed by atoms with Crippen LogP contribution in [0.5, 0.6) is 5.75 Å². The first-order chi connectivity index (χ1) is 12.9. The molecular weight excluding hydrogens is 372 g/mol. The lowest BCUT2D eigenvalue weighted by Gasteiger charge is -2.09. The Bertz CT molecular complexity index is 1000. The Labute approximate surface area is 159 Å². The Morgan fingerprint density at radius 1 is 1.19 bits per heavy atom. The van der Waals surface area contributed by atoms with Gasteiger partial charge < -0.3 is 9.47 Å². The lowest BCUT2D eigenvalue weighted by atomic mass is 10.1. The highest BCUT2D eigenvalue weighted by atomic mass is 35.5. The number of nitro groups is 1. The largest absolute Gasteiger partial charge is 0.482 e. The van der Waals surface area contributed by atoms with Gasteiger partial charge in [0.05, 0.1) is 10.4 Å². The van der Waals surface area contributed by atoms with E-state index >= 15 is 0 Å². The van der Waals surface area contributed by atoms with Crippen molar-refractivity contribution in [2.45, 2.75) is 13.5 Å². The van der Waals surface area contributed by atoms with Crippen molar-refractivity contribution in [1.29, 1.82) is 0 Å². The molecule has 3 rings (SSSR count). The highest BCUT2D eigenvalue weighted by molar-refractivity contribution is 6.30. The second kappa shape index (κ2) is 8.01. The Hall–Kier alpha value is -3.19. The van der Waals surface area contributed by atoms with Crippen molar-refractivity contribution in [2.75, 3.05) is 6.61 Å². The molecule has 0 N–H and O–H groups in total. The van der Waals surface area contributed by atoms with Crippen LogP contribution in [0.1, 0.15) is 11.1 Å². The summed E-state index contributed by atoms with van der Waals surface area (Å²) in [5.74, 6) is -0.258. The molecule has 0 aliphatic carbocycles. The molecule has 0 fully saturated rings. The molecule has 0 radical (unpaired) electrons. The number of fused-ring (bicyclic) bond motifs is 1. The Balaban J connectivity index is 1.57. The first-order valence-corrected chi connectivity index (χ1v) is 8.39. The molecule has 0 atom stereocenters. The summed E-state index contributed by atoms with van der Waals surface area (Å²) >= 11 is 6.16. The van der Waals surface area contributed by atoms with E-state index < -0.39 is 10.9 Å². The van der Waals surface area contributed by atoms with E-state index in [1.807, 2.05) is 31.2 Å². The van der Waals surface area contributed by atoms with Crippen molar-refractivity contribution in [3.05, 3.63) is 74.9 Å². The molecule has 1 aromatic heterocycles. The standard InChI is InChI=1S/C19H15ClN2O5/c1-12-2-3-13-9-14(19(20)21-17(13)8-12)10-27-18(23)11-26-16-6-4-15(5-7-16)22(24)25/h2-9H,10-11H2,1H3. The highest BCUT2D eigenvalue weighted by Crippen LogP contribution is 2.22. The third kappa shape index (κ3) is 4.71. The van der Waals surface area contributed by atoms with Gasteiger partial charge in [-0.2, -0.15) is 0 Å². The van der Waals surface area contributed by atoms with Crippen LogP contribution in [0.4, 0.5) is 5.69 Å². The van der Waals surface area contributed by atoms with E-state index in [2.05, 4.69) is 4.98 Å². The molecule has 1 heterocycles. The zero-order valence-corrected chi connectivity index (χ0v) is 15.1. The highest BCUT2D eigenvalue weighted by Gasteiger charge is 2.10. The van der Waals surface area contributed by atoms with Gasteiger partial charge in [-0.15, -0.1) is 0 Å². The molecule has 0 unspecified atom stereocenters. The van der Waals surface area contributed by atoms with Crippen LogP contribution in [0.15, 0.2) is 48.5 Å². The lowest BCUT2D eigenvalue weighted by Crippen LogP contribution is -2.15.